The molecule has 0 bridgehead atoms. The van der Waals surface area contributed by atoms with Crippen LogP contribution in [-0.2, 0) is 6.42 Å². The van der Waals surface area contributed by atoms with Crippen molar-refractivity contribution >= 4 is 11.6 Å². The Hall–Kier alpha value is -2.30. The summed E-state index contributed by atoms with van der Waals surface area (Å²) in [6.45, 7) is 0. The van der Waals surface area contributed by atoms with E-state index in [-0.39, 0.29) is 29.1 Å². The van der Waals surface area contributed by atoms with Gasteiger partial charge in [-0.15, -0.1) is 0 Å². The Bertz CT molecular complexity index is 554. The van der Waals surface area contributed by atoms with Gasteiger partial charge in [-0.05, 0) is 0 Å². The van der Waals surface area contributed by atoms with Crippen molar-refractivity contribution in [2.45, 2.75) is 6.42 Å². The number of carbonyl (C=O) groups excluding carboxylic acids is 1. The number of nitrogens with one attached hydrogen (secondary N) is 2. The zero-order valence-electron chi connectivity index (χ0n) is 8.49. The van der Waals surface area contributed by atoms with E-state index < -0.39 is 0 Å². The third-order valence-electron chi connectivity index (χ3n) is 2.34. The Kier molecular flexibility index (Phi) is 2.59. The summed E-state index contributed by atoms with van der Waals surface area (Å²) in [6, 6.07) is 8.79. The second kappa shape index (κ2) is 4.06. The number of anilines is 1. The summed E-state index contributed by atoms with van der Waals surface area (Å²) in [4.78, 5) is 23.1. The van der Waals surface area contributed by atoms with Crippen molar-refractivity contribution in [3.8, 4) is 0 Å². The number of Topliss-reactive ketones (excluding diaryl/α,β-unsaturated/α-hetero) is 1. The third-order valence-corrected chi connectivity index (χ3v) is 2.34. The van der Waals surface area contributed by atoms with Crippen LogP contribution in [0, 0.1) is 0 Å². The molecule has 0 fully saturated rings. The van der Waals surface area contributed by atoms with Crippen LogP contribution in [0.2, 0.25) is 0 Å². The highest BCUT2D eigenvalue weighted by atomic mass is 16.1. The van der Waals surface area contributed by atoms with Crippen LogP contribution in [0.5, 0.6) is 0 Å². The molecular formula is C11H11N3O2. The zero-order chi connectivity index (χ0) is 11.5. The summed E-state index contributed by atoms with van der Waals surface area (Å²) in [5, 5.41) is 4.82. The van der Waals surface area contributed by atoms with Crippen LogP contribution in [0.3, 0.4) is 0 Å². The molecule has 0 atom stereocenters. The van der Waals surface area contributed by atoms with Crippen molar-refractivity contribution in [2.75, 3.05) is 5.73 Å². The highest BCUT2D eigenvalue weighted by Gasteiger charge is 2.13. The van der Waals surface area contributed by atoms with Gasteiger partial charge < -0.3 is 5.73 Å². The summed E-state index contributed by atoms with van der Waals surface area (Å²) in [5.41, 5.74) is 6.04. The number of ketones is 1. The minimum Gasteiger partial charge on any atom is -0.384 e. The lowest BCUT2D eigenvalue weighted by Crippen LogP contribution is -2.13. The predicted octanol–water partition coefficient (Wildman–Crippen LogP) is 0.711. The normalized spacial score (nSPS) is 10.2. The fraction of sp³-hybridized carbons (Fsp3) is 0.0909. The highest BCUT2D eigenvalue weighted by molar-refractivity contribution is 5.97. The number of H-pyrrole nitrogens is 2. The standard InChI is InChI=1S/C11H11N3O2/c12-10-8(11(16)14-13-10)6-9(15)7-4-2-1-3-5-7/h1-5H,6H2,(H4,12,13,14,16). The van der Waals surface area contributed by atoms with E-state index in [1.165, 1.54) is 0 Å². The molecule has 82 valence electrons. The summed E-state index contributed by atoms with van der Waals surface area (Å²) >= 11 is 0. The Morgan fingerprint density at radius 3 is 2.44 bits per heavy atom. The first kappa shape index (κ1) is 10.2. The van der Waals surface area contributed by atoms with Crippen molar-refractivity contribution in [2.24, 2.45) is 0 Å². The Morgan fingerprint density at radius 1 is 1.19 bits per heavy atom. The van der Waals surface area contributed by atoms with Crippen molar-refractivity contribution in [1.29, 1.82) is 0 Å². The molecule has 1 aromatic heterocycles. The van der Waals surface area contributed by atoms with Crippen LogP contribution in [0.25, 0.3) is 0 Å². The quantitative estimate of drug-likeness (QED) is 0.661. The highest BCUT2D eigenvalue weighted by Crippen LogP contribution is 2.07. The first-order chi connectivity index (χ1) is 7.68. The van der Waals surface area contributed by atoms with Gasteiger partial charge in [0.05, 0.1) is 5.56 Å². The number of nitrogens with two attached hydrogens (primary N) is 1. The smallest absolute Gasteiger partial charge is 0.269 e. The fourth-order valence-electron chi connectivity index (χ4n) is 1.46. The Morgan fingerprint density at radius 2 is 1.88 bits per heavy atom. The second-order valence-corrected chi connectivity index (χ2v) is 3.44. The van der Waals surface area contributed by atoms with Gasteiger partial charge >= 0.3 is 0 Å². The molecule has 2 rings (SSSR count). The molecular weight excluding hydrogens is 206 g/mol. The van der Waals surface area contributed by atoms with E-state index >= 15 is 0 Å². The molecule has 0 saturated heterocycles. The van der Waals surface area contributed by atoms with E-state index in [0.29, 0.717) is 5.56 Å². The molecule has 0 saturated carbocycles. The topological polar surface area (TPSA) is 91.7 Å². The van der Waals surface area contributed by atoms with Crippen molar-refractivity contribution in [3.63, 3.8) is 0 Å². The van der Waals surface area contributed by atoms with Gasteiger partial charge in [0.2, 0.25) is 0 Å². The van der Waals surface area contributed by atoms with E-state index in [1.54, 1.807) is 24.3 Å². The number of carbonyl (C=O) groups is 1. The number of rotatable bonds is 3. The Balaban J connectivity index is 2.24. The molecule has 0 aliphatic carbocycles. The number of hydrogen-bond donors (Lipinski definition) is 3. The molecule has 0 unspecified atom stereocenters. The summed E-state index contributed by atoms with van der Waals surface area (Å²) in [5.74, 6) is 0.0895. The van der Waals surface area contributed by atoms with Gasteiger partial charge in [0, 0.05) is 12.0 Å². The molecule has 2 aromatic rings. The summed E-state index contributed by atoms with van der Waals surface area (Å²) in [6.07, 6.45) is 0.00861. The van der Waals surface area contributed by atoms with Gasteiger partial charge in [-0.2, -0.15) is 0 Å². The first-order valence-corrected chi connectivity index (χ1v) is 4.81. The van der Waals surface area contributed by atoms with Crippen LogP contribution >= 0.6 is 0 Å². The molecule has 16 heavy (non-hydrogen) atoms. The van der Waals surface area contributed by atoms with E-state index in [4.69, 9.17) is 5.73 Å². The van der Waals surface area contributed by atoms with Crippen molar-refractivity contribution in [3.05, 3.63) is 51.8 Å². The van der Waals surface area contributed by atoms with Gasteiger partial charge in [0.1, 0.15) is 5.82 Å². The van der Waals surface area contributed by atoms with Crippen LogP contribution in [-0.4, -0.2) is 16.0 Å². The molecule has 0 aliphatic rings. The molecule has 5 nitrogen and oxygen atoms in total. The molecule has 0 aliphatic heterocycles. The minimum absolute atomic E-state index is 0.00861. The first-order valence-electron chi connectivity index (χ1n) is 4.81. The van der Waals surface area contributed by atoms with Gasteiger partial charge in [0.15, 0.2) is 5.78 Å². The van der Waals surface area contributed by atoms with E-state index in [1.807, 2.05) is 6.07 Å². The number of benzene rings is 1. The van der Waals surface area contributed by atoms with Crippen molar-refractivity contribution < 1.29 is 4.79 Å². The maximum absolute atomic E-state index is 11.8. The maximum atomic E-state index is 11.8. The van der Waals surface area contributed by atoms with Crippen molar-refractivity contribution in [1.82, 2.24) is 10.2 Å². The van der Waals surface area contributed by atoms with Crippen LogP contribution in [0.15, 0.2) is 35.1 Å². The molecule has 1 heterocycles. The predicted molar refractivity (Wildman–Crippen MR) is 60.3 cm³/mol. The van der Waals surface area contributed by atoms with Gasteiger partial charge in [0.25, 0.3) is 5.56 Å². The lowest BCUT2D eigenvalue weighted by atomic mass is 10.1. The SMILES string of the molecule is Nc1[nH][nH]c(=O)c1CC(=O)c1ccccc1. The largest absolute Gasteiger partial charge is 0.384 e. The average molecular weight is 217 g/mol. The fourth-order valence-corrected chi connectivity index (χ4v) is 1.46. The van der Waals surface area contributed by atoms with Gasteiger partial charge in [-0.3, -0.25) is 19.8 Å². The molecule has 0 radical (unpaired) electrons. The monoisotopic (exact) mass is 217 g/mol. The molecule has 0 amide bonds. The zero-order valence-corrected chi connectivity index (χ0v) is 8.49. The van der Waals surface area contributed by atoms with E-state index in [9.17, 15) is 9.59 Å². The number of nitrogen functional groups attached to an aromatic ring is 1. The lowest BCUT2D eigenvalue weighted by molar-refractivity contribution is 0.0993. The van der Waals surface area contributed by atoms with Crippen LogP contribution in [0.4, 0.5) is 5.82 Å². The maximum Gasteiger partial charge on any atom is 0.269 e. The number of hydrogen-bond acceptors (Lipinski definition) is 3. The summed E-state index contributed by atoms with van der Waals surface area (Å²) in [7, 11) is 0. The molecule has 5 heteroatoms. The number of aromatic amines is 2. The van der Waals surface area contributed by atoms with Gasteiger partial charge in [-0.1, -0.05) is 30.3 Å². The van der Waals surface area contributed by atoms with Crippen LogP contribution in [0.1, 0.15) is 15.9 Å². The second-order valence-electron chi connectivity index (χ2n) is 3.44. The molecule has 1 aromatic carbocycles. The lowest BCUT2D eigenvalue weighted by Gasteiger charge is -1.98. The van der Waals surface area contributed by atoms with E-state index in [0.717, 1.165) is 0 Å². The van der Waals surface area contributed by atoms with E-state index in [2.05, 4.69) is 10.2 Å². The minimum atomic E-state index is -0.346. The molecule has 4 N–H and O–H groups in total. The number of aromatic nitrogens is 2. The average Bonchev–Trinajstić information content (AvgIpc) is 2.62. The summed E-state index contributed by atoms with van der Waals surface area (Å²) < 4.78 is 0. The van der Waals surface area contributed by atoms with Crippen LogP contribution < -0.4 is 11.3 Å². The third kappa shape index (κ3) is 1.88. The molecule has 0 spiro atoms. The van der Waals surface area contributed by atoms with Gasteiger partial charge in [-0.25, -0.2) is 0 Å². The Labute approximate surface area is 91.3 Å².